The molecule has 0 amide bonds. The zero-order valence-corrected chi connectivity index (χ0v) is 14.9. The van der Waals surface area contributed by atoms with Crippen LogP contribution < -0.4 is 0 Å². The van der Waals surface area contributed by atoms with Crippen LogP contribution in [0.1, 0.15) is 40.5 Å². The van der Waals surface area contributed by atoms with Gasteiger partial charge in [-0.15, -0.1) is 11.3 Å². The van der Waals surface area contributed by atoms with Crippen molar-refractivity contribution in [2.24, 2.45) is 7.05 Å². The van der Waals surface area contributed by atoms with Crippen molar-refractivity contribution in [3.05, 3.63) is 33.0 Å². The Bertz CT molecular complexity index is 683. The van der Waals surface area contributed by atoms with Gasteiger partial charge in [0.05, 0.1) is 22.1 Å². The third kappa shape index (κ3) is 3.20. The average Bonchev–Trinajstić information content (AvgIpc) is 3.24. The smallest absolute Gasteiger partial charge is 0.0897 e. The molecule has 0 spiro atoms. The molecule has 0 aromatic carbocycles. The van der Waals surface area contributed by atoms with Gasteiger partial charge in [-0.1, -0.05) is 0 Å². The van der Waals surface area contributed by atoms with Gasteiger partial charge >= 0.3 is 0 Å². The maximum absolute atomic E-state index is 4.84. The Morgan fingerprint density at radius 1 is 1.13 bits per heavy atom. The number of hydrogen-bond donors (Lipinski definition) is 0. The Labute approximate surface area is 141 Å². The van der Waals surface area contributed by atoms with E-state index < -0.39 is 0 Å². The first kappa shape index (κ1) is 15.3. The van der Waals surface area contributed by atoms with E-state index in [1.807, 2.05) is 0 Å². The second kappa shape index (κ2) is 6.34. The fourth-order valence-corrected chi connectivity index (χ4v) is 4.44. The van der Waals surface area contributed by atoms with Crippen molar-refractivity contribution in [2.45, 2.75) is 45.8 Å². The number of aromatic nitrogens is 3. The fourth-order valence-electron chi connectivity index (χ4n) is 3.84. The van der Waals surface area contributed by atoms with Crippen molar-refractivity contribution in [2.75, 3.05) is 19.6 Å². The van der Waals surface area contributed by atoms with E-state index in [1.54, 1.807) is 11.3 Å². The van der Waals surface area contributed by atoms with Gasteiger partial charge in [-0.05, 0) is 39.3 Å². The van der Waals surface area contributed by atoms with Crippen molar-refractivity contribution in [3.8, 4) is 0 Å². The molecule has 0 saturated carbocycles. The van der Waals surface area contributed by atoms with Crippen LogP contribution in [0, 0.1) is 6.92 Å². The van der Waals surface area contributed by atoms with Crippen LogP contribution in [0.15, 0.2) is 5.38 Å². The Morgan fingerprint density at radius 2 is 1.96 bits per heavy atom. The van der Waals surface area contributed by atoms with Gasteiger partial charge in [0.25, 0.3) is 0 Å². The maximum atomic E-state index is 4.84. The molecule has 0 radical (unpaired) electrons. The molecule has 4 rings (SSSR count). The summed E-state index contributed by atoms with van der Waals surface area (Å²) in [4.78, 5) is 9.65. The quantitative estimate of drug-likeness (QED) is 0.862. The van der Waals surface area contributed by atoms with Crippen LogP contribution in [-0.4, -0.2) is 44.2 Å². The molecule has 0 bridgehead atoms. The van der Waals surface area contributed by atoms with Gasteiger partial charge in [-0.3, -0.25) is 14.5 Å². The van der Waals surface area contributed by atoms with Gasteiger partial charge < -0.3 is 0 Å². The summed E-state index contributed by atoms with van der Waals surface area (Å²) in [6.45, 7) is 8.65. The van der Waals surface area contributed by atoms with Gasteiger partial charge in [0.1, 0.15) is 0 Å². The van der Waals surface area contributed by atoms with Crippen LogP contribution in [-0.2, 0) is 33.1 Å². The van der Waals surface area contributed by atoms with Crippen LogP contribution in [0.2, 0.25) is 0 Å². The monoisotopic (exact) mass is 331 g/mol. The number of thiazole rings is 1. The zero-order valence-electron chi connectivity index (χ0n) is 14.1. The summed E-state index contributed by atoms with van der Waals surface area (Å²) < 4.78 is 2.11. The third-order valence-corrected chi connectivity index (χ3v) is 5.86. The molecule has 0 atom stereocenters. The highest BCUT2D eigenvalue weighted by atomic mass is 32.1. The number of aryl methyl sites for hydroxylation is 2. The molecule has 1 saturated heterocycles. The van der Waals surface area contributed by atoms with E-state index in [0.717, 1.165) is 37.6 Å². The minimum Gasteiger partial charge on any atom is -0.297 e. The molecule has 6 heteroatoms. The molecule has 0 N–H and O–H groups in total. The molecular formula is C17H25N5S. The zero-order chi connectivity index (χ0) is 15.8. The van der Waals surface area contributed by atoms with E-state index in [-0.39, 0.29) is 0 Å². The van der Waals surface area contributed by atoms with E-state index in [2.05, 4.69) is 38.8 Å². The molecule has 5 nitrogen and oxygen atoms in total. The largest absolute Gasteiger partial charge is 0.297 e. The first-order valence-electron chi connectivity index (χ1n) is 8.58. The van der Waals surface area contributed by atoms with E-state index in [4.69, 9.17) is 5.10 Å². The van der Waals surface area contributed by atoms with Crippen molar-refractivity contribution in [1.29, 1.82) is 0 Å². The predicted octanol–water partition coefficient (Wildman–Crippen LogP) is 2.34. The van der Waals surface area contributed by atoms with E-state index >= 15 is 0 Å². The maximum Gasteiger partial charge on any atom is 0.0897 e. The molecule has 0 aliphatic carbocycles. The summed E-state index contributed by atoms with van der Waals surface area (Å²) >= 11 is 1.74. The number of nitrogens with zero attached hydrogens (tertiary/aromatic N) is 5. The lowest BCUT2D eigenvalue weighted by Gasteiger charge is -2.27. The molecule has 0 unspecified atom stereocenters. The molecule has 4 heterocycles. The van der Waals surface area contributed by atoms with Crippen molar-refractivity contribution < 1.29 is 0 Å². The fraction of sp³-hybridized carbons (Fsp3) is 0.647. The molecule has 23 heavy (non-hydrogen) atoms. The summed E-state index contributed by atoms with van der Waals surface area (Å²) in [5, 5.41) is 8.18. The Hall–Kier alpha value is -1.24. The van der Waals surface area contributed by atoms with Gasteiger partial charge in [-0.2, -0.15) is 5.10 Å². The van der Waals surface area contributed by atoms with E-state index in [1.165, 1.54) is 48.6 Å². The summed E-state index contributed by atoms with van der Waals surface area (Å²) in [5.41, 5.74) is 5.42. The molecule has 2 aliphatic heterocycles. The SMILES string of the molecule is Cc1nc(CN2CCc3c(CN4CCCC4)nn(C)c3C2)cs1. The lowest BCUT2D eigenvalue weighted by Crippen LogP contribution is -2.31. The van der Waals surface area contributed by atoms with Gasteiger partial charge in [-0.25, -0.2) is 4.98 Å². The highest BCUT2D eigenvalue weighted by Gasteiger charge is 2.25. The van der Waals surface area contributed by atoms with E-state index in [0.29, 0.717) is 0 Å². The lowest BCUT2D eigenvalue weighted by molar-refractivity contribution is 0.235. The number of rotatable bonds is 4. The lowest BCUT2D eigenvalue weighted by atomic mass is 10.0. The van der Waals surface area contributed by atoms with Crippen molar-refractivity contribution >= 4 is 11.3 Å². The molecule has 124 valence electrons. The highest BCUT2D eigenvalue weighted by Crippen LogP contribution is 2.25. The van der Waals surface area contributed by atoms with Gasteiger partial charge in [0.15, 0.2) is 0 Å². The average molecular weight is 331 g/mol. The van der Waals surface area contributed by atoms with Crippen LogP contribution in [0.4, 0.5) is 0 Å². The number of fused-ring (bicyclic) bond motifs is 1. The summed E-state index contributed by atoms with van der Waals surface area (Å²) in [6.07, 6.45) is 3.81. The van der Waals surface area contributed by atoms with E-state index in [9.17, 15) is 0 Å². The molecule has 1 fully saturated rings. The van der Waals surface area contributed by atoms with Crippen LogP contribution >= 0.6 is 11.3 Å². The Morgan fingerprint density at radius 3 is 2.70 bits per heavy atom. The topological polar surface area (TPSA) is 37.2 Å². The summed E-state index contributed by atoms with van der Waals surface area (Å²) in [7, 11) is 2.10. The Kier molecular flexibility index (Phi) is 4.22. The summed E-state index contributed by atoms with van der Waals surface area (Å²) in [5.74, 6) is 0. The second-order valence-electron chi connectivity index (χ2n) is 6.80. The van der Waals surface area contributed by atoms with Crippen LogP contribution in [0.3, 0.4) is 0 Å². The van der Waals surface area contributed by atoms with Gasteiger partial charge in [0, 0.05) is 44.2 Å². The molecule has 2 aromatic heterocycles. The molecule has 2 aromatic rings. The van der Waals surface area contributed by atoms with Crippen LogP contribution in [0.25, 0.3) is 0 Å². The summed E-state index contributed by atoms with van der Waals surface area (Å²) in [6, 6.07) is 0. The normalized spacial score (nSPS) is 19.4. The molecule has 2 aliphatic rings. The Balaban J connectivity index is 1.47. The van der Waals surface area contributed by atoms with Crippen LogP contribution in [0.5, 0.6) is 0 Å². The van der Waals surface area contributed by atoms with Crippen molar-refractivity contribution in [1.82, 2.24) is 24.6 Å². The second-order valence-corrected chi connectivity index (χ2v) is 7.86. The van der Waals surface area contributed by atoms with Crippen molar-refractivity contribution in [3.63, 3.8) is 0 Å². The number of hydrogen-bond acceptors (Lipinski definition) is 5. The van der Waals surface area contributed by atoms with Gasteiger partial charge in [0.2, 0.25) is 0 Å². The predicted molar refractivity (Wildman–Crippen MR) is 92.4 cm³/mol. The first-order chi connectivity index (χ1) is 11.2. The number of likely N-dealkylation sites (tertiary alicyclic amines) is 1. The highest BCUT2D eigenvalue weighted by molar-refractivity contribution is 7.09. The minimum atomic E-state index is 0.955. The molecular weight excluding hydrogens is 306 g/mol. The standard InChI is InChI=1S/C17H25N5S/c1-13-18-14(12-23-13)9-22-8-5-15-16(10-21-6-3-4-7-21)19-20(2)17(15)11-22/h12H,3-11H2,1-2H3. The first-order valence-corrected chi connectivity index (χ1v) is 9.46. The minimum absolute atomic E-state index is 0.955. The third-order valence-electron chi connectivity index (χ3n) is 5.03.